The fourth-order valence-corrected chi connectivity index (χ4v) is 1.94. The number of halogens is 3. The third-order valence-corrected chi connectivity index (χ3v) is 2.57. The van der Waals surface area contributed by atoms with Gasteiger partial charge in [-0.3, -0.25) is 4.90 Å². The Morgan fingerprint density at radius 3 is 2.47 bits per heavy atom. The predicted molar refractivity (Wildman–Crippen MR) is 69.0 cm³/mol. The number of nitrogens with two attached hydrogens (primary N) is 1. The molecule has 0 unspecified atom stereocenters. The second-order valence-corrected chi connectivity index (χ2v) is 4.44. The fourth-order valence-electron chi connectivity index (χ4n) is 1.94. The second-order valence-electron chi connectivity index (χ2n) is 4.44. The summed E-state index contributed by atoms with van der Waals surface area (Å²) in [7, 11) is 1.50. The molecule has 0 saturated heterocycles. The lowest BCUT2D eigenvalue weighted by atomic mass is 10.1. The van der Waals surface area contributed by atoms with Gasteiger partial charge in [0.25, 0.3) is 0 Å². The Bertz CT molecular complexity index is 407. The number of anilines is 1. The van der Waals surface area contributed by atoms with E-state index in [2.05, 4.69) is 0 Å². The van der Waals surface area contributed by atoms with Crippen LogP contribution in [-0.4, -0.2) is 31.3 Å². The van der Waals surface area contributed by atoms with Gasteiger partial charge in [-0.25, -0.2) is 0 Å². The molecule has 3 nitrogen and oxygen atoms in total. The van der Waals surface area contributed by atoms with Gasteiger partial charge in [0.2, 0.25) is 0 Å². The van der Waals surface area contributed by atoms with Gasteiger partial charge in [-0.1, -0.05) is 6.92 Å². The number of rotatable bonds is 6. The van der Waals surface area contributed by atoms with Gasteiger partial charge in [-0.05, 0) is 30.7 Å². The number of nitrogens with zero attached hydrogens (tertiary/aromatic N) is 1. The van der Waals surface area contributed by atoms with E-state index >= 15 is 0 Å². The molecule has 0 aliphatic heterocycles. The Morgan fingerprint density at radius 1 is 1.26 bits per heavy atom. The van der Waals surface area contributed by atoms with Gasteiger partial charge in [-0.2, -0.15) is 13.2 Å². The SMILES string of the molecule is CCCN(Cc1cc(N)cc(OC)c1)CC(F)(F)F. The summed E-state index contributed by atoms with van der Waals surface area (Å²) in [4.78, 5) is 1.36. The molecule has 0 saturated carbocycles. The van der Waals surface area contributed by atoms with Gasteiger partial charge < -0.3 is 10.5 Å². The molecule has 19 heavy (non-hydrogen) atoms. The molecular weight excluding hydrogens is 257 g/mol. The maximum atomic E-state index is 12.5. The molecule has 0 aromatic heterocycles. The lowest BCUT2D eigenvalue weighted by molar-refractivity contribution is -0.147. The zero-order valence-electron chi connectivity index (χ0n) is 11.1. The summed E-state index contributed by atoms with van der Waals surface area (Å²) in [5.74, 6) is 0.554. The maximum Gasteiger partial charge on any atom is 0.401 e. The predicted octanol–water partition coefficient (Wildman–Crippen LogP) is 3.05. The zero-order chi connectivity index (χ0) is 14.5. The Labute approximate surface area is 111 Å². The minimum absolute atomic E-state index is 0.203. The molecule has 0 aliphatic rings. The number of nitrogen functional groups attached to an aromatic ring is 1. The fraction of sp³-hybridized carbons (Fsp3) is 0.538. The first-order valence-corrected chi connectivity index (χ1v) is 6.06. The average Bonchev–Trinajstić information content (AvgIpc) is 2.26. The molecule has 108 valence electrons. The molecule has 0 amide bonds. The summed E-state index contributed by atoms with van der Waals surface area (Å²) in [6.45, 7) is 1.52. The van der Waals surface area contributed by atoms with E-state index in [-0.39, 0.29) is 6.54 Å². The van der Waals surface area contributed by atoms with Gasteiger partial charge in [-0.15, -0.1) is 0 Å². The van der Waals surface area contributed by atoms with E-state index in [4.69, 9.17) is 10.5 Å². The average molecular weight is 276 g/mol. The van der Waals surface area contributed by atoms with Crippen LogP contribution >= 0.6 is 0 Å². The molecule has 0 bridgehead atoms. The van der Waals surface area contributed by atoms with E-state index < -0.39 is 12.7 Å². The van der Waals surface area contributed by atoms with E-state index in [1.165, 1.54) is 12.0 Å². The Kier molecular flexibility index (Phi) is 5.47. The largest absolute Gasteiger partial charge is 0.497 e. The lowest BCUT2D eigenvalue weighted by Crippen LogP contribution is -2.34. The van der Waals surface area contributed by atoms with Crippen molar-refractivity contribution in [3.8, 4) is 5.75 Å². The van der Waals surface area contributed by atoms with E-state index in [9.17, 15) is 13.2 Å². The summed E-state index contributed by atoms with van der Waals surface area (Å²) in [6, 6.07) is 5.01. The number of alkyl halides is 3. The normalized spacial score (nSPS) is 11.9. The highest BCUT2D eigenvalue weighted by atomic mass is 19.4. The highest BCUT2D eigenvalue weighted by Gasteiger charge is 2.30. The maximum absolute atomic E-state index is 12.5. The van der Waals surface area contributed by atoms with Crippen LogP contribution in [0.25, 0.3) is 0 Å². The van der Waals surface area contributed by atoms with Crippen LogP contribution in [-0.2, 0) is 6.54 Å². The minimum atomic E-state index is -4.19. The topological polar surface area (TPSA) is 38.5 Å². The first-order chi connectivity index (χ1) is 8.84. The van der Waals surface area contributed by atoms with Crippen molar-refractivity contribution in [3.63, 3.8) is 0 Å². The Hall–Kier alpha value is -1.43. The van der Waals surface area contributed by atoms with Crippen molar-refractivity contribution in [2.24, 2.45) is 0 Å². The second kappa shape index (κ2) is 6.65. The van der Waals surface area contributed by atoms with Crippen molar-refractivity contribution < 1.29 is 17.9 Å². The van der Waals surface area contributed by atoms with E-state index in [1.807, 2.05) is 6.92 Å². The van der Waals surface area contributed by atoms with E-state index in [1.54, 1.807) is 18.2 Å². The van der Waals surface area contributed by atoms with Gasteiger partial charge in [0, 0.05) is 18.3 Å². The van der Waals surface area contributed by atoms with Crippen molar-refractivity contribution in [3.05, 3.63) is 23.8 Å². The van der Waals surface area contributed by atoms with Crippen molar-refractivity contribution in [1.82, 2.24) is 4.90 Å². The van der Waals surface area contributed by atoms with Crippen LogP contribution in [0.3, 0.4) is 0 Å². The van der Waals surface area contributed by atoms with Crippen LogP contribution in [0.5, 0.6) is 5.75 Å². The molecule has 1 aromatic carbocycles. The van der Waals surface area contributed by atoms with Crippen LogP contribution in [0, 0.1) is 0 Å². The lowest BCUT2D eigenvalue weighted by Gasteiger charge is -2.23. The quantitative estimate of drug-likeness (QED) is 0.812. The van der Waals surface area contributed by atoms with Gasteiger partial charge >= 0.3 is 6.18 Å². The molecular formula is C13H19F3N2O. The van der Waals surface area contributed by atoms with Crippen molar-refractivity contribution >= 4 is 5.69 Å². The summed E-state index contributed by atoms with van der Waals surface area (Å²) >= 11 is 0. The van der Waals surface area contributed by atoms with Crippen molar-refractivity contribution in [2.45, 2.75) is 26.1 Å². The first-order valence-electron chi connectivity index (χ1n) is 6.06. The molecule has 1 aromatic rings. The number of ether oxygens (including phenoxy) is 1. The minimum Gasteiger partial charge on any atom is -0.497 e. The van der Waals surface area contributed by atoms with Gasteiger partial charge in [0.15, 0.2) is 0 Å². The standard InChI is InChI=1S/C13H19F3N2O/c1-3-4-18(9-13(14,15)16)8-10-5-11(17)7-12(6-10)19-2/h5-7H,3-4,8-9,17H2,1-2H3. The highest BCUT2D eigenvalue weighted by molar-refractivity contribution is 5.47. The molecule has 0 atom stereocenters. The highest BCUT2D eigenvalue weighted by Crippen LogP contribution is 2.22. The number of hydrogen-bond acceptors (Lipinski definition) is 3. The van der Waals surface area contributed by atoms with Crippen LogP contribution in [0.15, 0.2) is 18.2 Å². The van der Waals surface area contributed by atoms with E-state index in [0.29, 0.717) is 24.4 Å². The van der Waals surface area contributed by atoms with Crippen LogP contribution < -0.4 is 10.5 Å². The number of hydrogen-bond donors (Lipinski definition) is 1. The molecule has 1 rings (SSSR count). The summed E-state index contributed by atoms with van der Waals surface area (Å²) in [5, 5.41) is 0. The van der Waals surface area contributed by atoms with Crippen LogP contribution in [0.1, 0.15) is 18.9 Å². The summed E-state index contributed by atoms with van der Waals surface area (Å²) in [6.07, 6.45) is -3.53. The molecule has 0 heterocycles. The van der Waals surface area contributed by atoms with Crippen LogP contribution in [0.4, 0.5) is 18.9 Å². The zero-order valence-corrected chi connectivity index (χ0v) is 11.1. The monoisotopic (exact) mass is 276 g/mol. The van der Waals surface area contributed by atoms with Gasteiger partial charge in [0.05, 0.1) is 13.7 Å². The molecule has 0 fully saturated rings. The summed E-state index contributed by atoms with van der Waals surface area (Å²) in [5.41, 5.74) is 6.89. The smallest absolute Gasteiger partial charge is 0.401 e. The molecule has 2 N–H and O–H groups in total. The van der Waals surface area contributed by atoms with Crippen molar-refractivity contribution in [1.29, 1.82) is 0 Å². The molecule has 0 aliphatic carbocycles. The Morgan fingerprint density at radius 2 is 1.95 bits per heavy atom. The van der Waals surface area contributed by atoms with Crippen molar-refractivity contribution in [2.75, 3.05) is 25.9 Å². The number of methoxy groups -OCH3 is 1. The van der Waals surface area contributed by atoms with E-state index in [0.717, 1.165) is 5.56 Å². The first kappa shape index (κ1) is 15.6. The number of benzene rings is 1. The van der Waals surface area contributed by atoms with Crippen LogP contribution in [0.2, 0.25) is 0 Å². The molecule has 6 heteroatoms. The summed E-state index contributed by atoms with van der Waals surface area (Å²) < 4.78 is 42.5. The Balaban J connectivity index is 2.80. The third-order valence-electron chi connectivity index (χ3n) is 2.57. The van der Waals surface area contributed by atoms with Gasteiger partial charge in [0.1, 0.15) is 5.75 Å². The third kappa shape index (κ3) is 5.83. The molecule has 0 spiro atoms. The molecule has 0 radical (unpaired) electrons.